The lowest BCUT2D eigenvalue weighted by Gasteiger charge is -2.26. The molecular formula is C28H32N2O5. The number of anilines is 1. The standard InChI is InChI=1S/C15H15NO.C13H17NO4/c1-11(17)14-9-8-13(10-15(14)16-2)12-6-4-3-5-7-12;15-10-11-1-2-12(9-13(11)16)18-8-5-14-3-6-17-7-4-14/h3-10,16H,1-2H3;1-2,9-10,16H,3-8H2. The molecule has 0 amide bonds. The number of phenolic OH excluding ortho intramolecular Hbond substituents is 1. The minimum Gasteiger partial charge on any atom is -0.507 e. The van der Waals surface area contributed by atoms with Crippen LogP contribution in [0.4, 0.5) is 5.69 Å². The summed E-state index contributed by atoms with van der Waals surface area (Å²) >= 11 is 0. The molecule has 7 nitrogen and oxygen atoms in total. The summed E-state index contributed by atoms with van der Waals surface area (Å²) in [6, 6.07) is 20.7. The predicted octanol–water partition coefficient (Wildman–Crippen LogP) is 4.51. The third-order valence-corrected chi connectivity index (χ3v) is 5.68. The fraction of sp³-hybridized carbons (Fsp3) is 0.286. The molecule has 0 saturated carbocycles. The highest BCUT2D eigenvalue weighted by Crippen LogP contribution is 2.26. The molecule has 1 saturated heterocycles. The molecule has 0 spiro atoms. The number of carbonyl (C=O) groups is 2. The second kappa shape index (κ2) is 13.3. The van der Waals surface area contributed by atoms with Gasteiger partial charge in [-0.2, -0.15) is 0 Å². The molecule has 2 N–H and O–H groups in total. The van der Waals surface area contributed by atoms with E-state index in [9.17, 15) is 14.7 Å². The van der Waals surface area contributed by atoms with Crippen molar-refractivity contribution in [3.05, 3.63) is 77.9 Å². The van der Waals surface area contributed by atoms with Crippen molar-refractivity contribution < 1.29 is 24.2 Å². The highest BCUT2D eigenvalue weighted by molar-refractivity contribution is 6.00. The van der Waals surface area contributed by atoms with Crippen LogP contribution >= 0.6 is 0 Å². The number of aldehydes is 1. The van der Waals surface area contributed by atoms with E-state index < -0.39 is 0 Å². The van der Waals surface area contributed by atoms with E-state index in [1.165, 1.54) is 6.07 Å². The number of hydrogen-bond acceptors (Lipinski definition) is 7. The molecule has 0 bridgehead atoms. The lowest BCUT2D eigenvalue weighted by molar-refractivity contribution is 0.0322. The summed E-state index contributed by atoms with van der Waals surface area (Å²) < 4.78 is 10.8. The third-order valence-electron chi connectivity index (χ3n) is 5.68. The summed E-state index contributed by atoms with van der Waals surface area (Å²) in [7, 11) is 1.83. The third kappa shape index (κ3) is 7.67. The minimum atomic E-state index is -0.0473. The number of nitrogens with zero attached hydrogens (tertiary/aromatic N) is 1. The van der Waals surface area contributed by atoms with Crippen LogP contribution in [-0.2, 0) is 4.74 Å². The van der Waals surface area contributed by atoms with Crippen molar-refractivity contribution in [3.8, 4) is 22.6 Å². The summed E-state index contributed by atoms with van der Waals surface area (Å²) in [6.45, 7) is 6.37. The van der Waals surface area contributed by atoms with Gasteiger partial charge in [-0.15, -0.1) is 0 Å². The number of Topliss-reactive ketones (excluding diaryl/α,β-unsaturated/α-hetero) is 1. The van der Waals surface area contributed by atoms with Crippen LogP contribution < -0.4 is 10.1 Å². The maximum absolute atomic E-state index is 11.4. The molecule has 1 aliphatic rings. The second-order valence-corrected chi connectivity index (χ2v) is 8.07. The molecule has 4 rings (SSSR count). The first kappa shape index (κ1) is 25.9. The number of phenols is 1. The van der Waals surface area contributed by atoms with Gasteiger partial charge in [0.15, 0.2) is 12.1 Å². The number of aromatic hydroxyl groups is 1. The number of ketones is 1. The highest BCUT2D eigenvalue weighted by atomic mass is 16.5. The Morgan fingerprint density at radius 2 is 1.80 bits per heavy atom. The summed E-state index contributed by atoms with van der Waals surface area (Å²) in [4.78, 5) is 24.2. The van der Waals surface area contributed by atoms with Crippen molar-refractivity contribution in [1.29, 1.82) is 0 Å². The number of carbonyl (C=O) groups excluding carboxylic acids is 2. The zero-order chi connectivity index (χ0) is 25.0. The first-order valence-electron chi connectivity index (χ1n) is 11.6. The zero-order valence-electron chi connectivity index (χ0n) is 20.2. The molecule has 7 heteroatoms. The Morgan fingerprint density at radius 3 is 2.43 bits per heavy atom. The molecular weight excluding hydrogens is 444 g/mol. The van der Waals surface area contributed by atoms with E-state index in [1.54, 1.807) is 19.1 Å². The van der Waals surface area contributed by atoms with Gasteiger partial charge in [0.05, 0.1) is 18.8 Å². The molecule has 0 aromatic heterocycles. The summed E-state index contributed by atoms with van der Waals surface area (Å²) in [5, 5.41) is 12.6. The molecule has 1 fully saturated rings. The molecule has 0 unspecified atom stereocenters. The van der Waals surface area contributed by atoms with Crippen molar-refractivity contribution >= 4 is 17.8 Å². The molecule has 3 aromatic carbocycles. The van der Waals surface area contributed by atoms with Crippen LogP contribution in [0, 0.1) is 0 Å². The Morgan fingerprint density at radius 1 is 1.06 bits per heavy atom. The van der Waals surface area contributed by atoms with Gasteiger partial charge in [0, 0.05) is 44.0 Å². The second-order valence-electron chi connectivity index (χ2n) is 8.07. The van der Waals surface area contributed by atoms with Gasteiger partial charge >= 0.3 is 0 Å². The monoisotopic (exact) mass is 476 g/mol. The predicted molar refractivity (Wildman–Crippen MR) is 138 cm³/mol. The number of ether oxygens (including phenoxy) is 2. The highest BCUT2D eigenvalue weighted by Gasteiger charge is 2.10. The van der Waals surface area contributed by atoms with Gasteiger partial charge in [-0.1, -0.05) is 36.4 Å². The van der Waals surface area contributed by atoms with Crippen LogP contribution in [0.5, 0.6) is 11.5 Å². The van der Waals surface area contributed by atoms with Crippen molar-refractivity contribution in [2.24, 2.45) is 0 Å². The molecule has 0 aliphatic carbocycles. The molecule has 1 aliphatic heterocycles. The van der Waals surface area contributed by atoms with Gasteiger partial charge < -0.3 is 19.9 Å². The van der Waals surface area contributed by atoms with Crippen LogP contribution in [0.2, 0.25) is 0 Å². The van der Waals surface area contributed by atoms with Crippen LogP contribution in [0.25, 0.3) is 11.1 Å². The van der Waals surface area contributed by atoms with Crippen molar-refractivity contribution in [2.45, 2.75) is 6.92 Å². The fourth-order valence-electron chi connectivity index (χ4n) is 3.70. The Hall–Kier alpha value is -3.68. The summed E-state index contributed by atoms with van der Waals surface area (Å²) in [5.41, 5.74) is 4.14. The van der Waals surface area contributed by atoms with Gasteiger partial charge in [-0.25, -0.2) is 0 Å². The Bertz CT molecular complexity index is 1110. The Kier molecular flexibility index (Phi) is 9.83. The van der Waals surface area contributed by atoms with E-state index in [4.69, 9.17) is 9.47 Å². The van der Waals surface area contributed by atoms with Gasteiger partial charge in [-0.3, -0.25) is 14.5 Å². The summed E-state index contributed by atoms with van der Waals surface area (Å²) in [5.74, 6) is 0.606. The van der Waals surface area contributed by atoms with E-state index in [1.807, 2.05) is 43.4 Å². The zero-order valence-corrected chi connectivity index (χ0v) is 20.2. The molecule has 184 valence electrons. The van der Waals surface area contributed by atoms with Gasteiger partial charge in [0.25, 0.3) is 0 Å². The van der Waals surface area contributed by atoms with E-state index in [-0.39, 0.29) is 17.1 Å². The van der Waals surface area contributed by atoms with Crippen molar-refractivity contribution in [3.63, 3.8) is 0 Å². The Labute approximate surface area is 206 Å². The molecule has 0 radical (unpaired) electrons. The fourth-order valence-corrected chi connectivity index (χ4v) is 3.70. The van der Waals surface area contributed by atoms with Gasteiger partial charge in [0.1, 0.15) is 18.1 Å². The largest absolute Gasteiger partial charge is 0.507 e. The number of benzene rings is 3. The molecule has 35 heavy (non-hydrogen) atoms. The van der Waals surface area contributed by atoms with Crippen LogP contribution in [0.3, 0.4) is 0 Å². The number of nitrogens with one attached hydrogen (secondary N) is 1. The summed E-state index contributed by atoms with van der Waals surface area (Å²) in [6.07, 6.45) is 0.618. The number of morpholine rings is 1. The minimum absolute atomic E-state index is 0.0473. The maximum atomic E-state index is 11.4. The molecule has 0 atom stereocenters. The average molecular weight is 477 g/mol. The first-order valence-corrected chi connectivity index (χ1v) is 11.6. The van der Waals surface area contributed by atoms with Crippen molar-refractivity contribution in [1.82, 2.24) is 4.90 Å². The number of hydrogen-bond donors (Lipinski definition) is 2. The lowest BCUT2D eigenvalue weighted by Crippen LogP contribution is -2.38. The Balaban J connectivity index is 0.000000196. The first-order chi connectivity index (χ1) is 17.0. The van der Waals surface area contributed by atoms with Crippen molar-refractivity contribution in [2.75, 3.05) is 51.8 Å². The van der Waals surface area contributed by atoms with Crippen LogP contribution in [0.15, 0.2) is 66.7 Å². The smallest absolute Gasteiger partial charge is 0.161 e. The molecule has 3 aromatic rings. The van der Waals surface area contributed by atoms with E-state index in [0.717, 1.165) is 55.2 Å². The van der Waals surface area contributed by atoms with Crippen LogP contribution in [0.1, 0.15) is 27.6 Å². The average Bonchev–Trinajstić information content (AvgIpc) is 2.90. The normalized spacial score (nSPS) is 13.3. The van der Waals surface area contributed by atoms with Crippen LogP contribution in [-0.4, -0.2) is 68.6 Å². The molecule has 1 heterocycles. The van der Waals surface area contributed by atoms with E-state index in [2.05, 4.69) is 22.3 Å². The topological polar surface area (TPSA) is 88.1 Å². The maximum Gasteiger partial charge on any atom is 0.161 e. The van der Waals surface area contributed by atoms with Gasteiger partial charge in [0.2, 0.25) is 0 Å². The van der Waals surface area contributed by atoms with E-state index >= 15 is 0 Å². The van der Waals surface area contributed by atoms with Gasteiger partial charge in [-0.05, 0) is 42.3 Å². The SMILES string of the molecule is CNc1cc(-c2ccccc2)ccc1C(C)=O.O=Cc1ccc(OCCN2CCOCC2)cc1O. The number of rotatable bonds is 8. The lowest BCUT2D eigenvalue weighted by atomic mass is 10.0. The van der Waals surface area contributed by atoms with E-state index in [0.29, 0.717) is 18.6 Å². The quantitative estimate of drug-likeness (QED) is 0.365.